The van der Waals surface area contributed by atoms with Gasteiger partial charge >= 0.3 is 0 Å². The molecule has 0 spiro atoms. The van der Waals surface area contributed by atoms with E-state index in [2.05, 4.69) is 22.0 Å². The van der Waals surface area contributed by atoms with Gasteiger partial charge in [-0.05, 0) is 38.9 Å². The van der Waals surface area contributed by atoms with Crippen molar-refractivity contribution in [1.82, 2.24) is 4.90 Å². The molecule has 0 saturated heterocycles. The third-order valence-electron chi connectivity index (χ3n) is 3.61. The highest BCUT2D eigenvalue weighted by Crippen LogP contribution is 2.24. The van der Waals surface area contributed by atoms with Crippen molar-refractivity contribution < 1.29 is 18.4 Å². The molecule has 1 aliphatic heterocycles. The summed E-state index contributed by atoms with van der Waals surface area (Å²) in [5, 5.41) is 18.0. The van der Waals surface area contributed by atoms with Crippen molar-refractivity contribution >= 4 is 12.9 Å². The Kier molecular flexibility index (Phi) is 11.5. The molecule has 0 saturated carbocycles. The summed E-state index contributed by atoms with van der Waals surface area (Å²) in [5.41, 5.74) is 2.73. The lowest BCUT2D eigenvalue weighted by molar-refractivity contribution is 0.00894. The summed E-state index contributed by atoms with van der Waals surface area (Å²) < 4.78 is 20.8. The van der Waals surface area contributed by atoms with Crippen LogP contribution in [-0.4, -0.2) is 57.7 Å². The van der Waals surface area contributed by atoms with Gasteiger partial charge < -0.3 is 23.3 Å². The smallest absolute Gasteiger partial charge is 0.137 e. The van der Waals surface area contributed by atoms with Gasteiger partial charge in [0.15, 0.2) is 0 Å². The number of thiol groups is 1. The van der Waals surface area contributed by atoms with Crippen molar-refractivity contribution in [3.63, 3.8) is 0 Å². The molecule has 0 unspecified atom stereocenters. The monoisotopic (exact) mass is 379 g/mol. The molecule has 0 aromatic rings. The highest BCUT2D eigenvalue weighted by Gasteiger charge is 2.15. The zero-order chi connectivity index (χ0) is 19.2. The summed E-state index contributed by atoms with van der Waals surface area (Å²) in [6.45, 7) is 8.15. The Morgan fingerprint density at radius 3 is 1.81 bits per heavy atom. The van der Waals surface area contributed by atoms with Crippen LogP contribution in [0.4, 0.5) is 0 Å². The molecule has 0 aliphatic carbocycles. The fourth-order valence-electron chi connectivity index (χ4n) is 2.37. The first-order valence-electron chi connectivity index (χ1n) is 8.32. The molecule has 0 aromatic carbocycles. The Bertz CT molecular complexity index is 579. The van der Waals surface area contributed by atoms with E-state index in [1.165, 1.54) is 0 Å². The van der Waals surface area contributed by atoms with Crippen molar-refractivity contribution in [2.75, 3.05) is 52.8 Å². The molecule has 0 bridgehead atoms. The maximum absolute atomic E-state index is 8.98. The molecular weight excluding hydrogens is 354 g/mol. The van der Waals surface area contributed by atoms with Gasteiger partial charge in [0.2, 0.25) is 0 Å². The molecule has 0 aromatic heterocycles. The second-order valence-corrected chi connectivity index (χ2v) is 5.71. The van der Waals surface area contributed by atoms with E-state index >= 15 is 0 Å². The van der Waals surface area contributed by atoms with Crippen LogP contribution in [0.5, 0.6) is 0 Å². The van der Waals surface area contributed by atoms with Crippen molar-refractivity contribution in [1.29, 1.82) is 10.5 Å². The number of nitriles is 2. The third-order valence-corrected chi connectivity index (χ3v) is 3.80. The highest BCUT2D eigenvalue weighted by atomic mass is 32.1. The quantitative estimate of drug-likeness (QED) is 0.241. The lowest BCUT2D eigenvalue weighted by Gasteiger charge is -2.29. The largest absolute Gasteiger partial charge is 0.377 e. The van der Waals surface area contributed by atoms with Gasteiger partial charge in [-0.1, -0.05) is 0 Å². The molecule has 0 fully saturated rings. The average molecular weight is 379 g/mol. The van der Waals surface area contributed by atoms with Crippen molar-refractivity contribution in [3.05, 3.63) is 34.7 Å². The van der Waals surface area contributed by atoms with E-state index in [1.54, 1.807) is 0 Å². The summed E-state index contributed by atoms with van der Waals surface area (Å²) in [4.78, 5) is 2.09. The second kappa shape index (κ2) is 13.4. The maximum Gasteiger partial charge on any atom is 0.137 e. The third kappa shape index (κ3) is 8.05. The van der Waals surface area contributed by atoms with Crippen LogP contribution in [-0.2, 0) is 18.4 Å². The number of hydrogen-bond donors (Lipinski definition) is 1. The van der Waals surface area contributed by atoms with Gasteiger partial charge in [-0.25, -0.2) is 0 Å². The minimum absolute atomic E-state index is 0.124. The Labute approximate surface area is 160 Å². The molecule has 0 amide bonds. The molecule has 1 heterocycles. The van der Waals surface area contributed by atoms with Crippen LogP contribution in [0.1, 0.15) is 13.8 Å². The molecule has 1 aliphatic rings. The number of rotatable bonds is 12. The van der Waals surface area contributed by atoms with Crippen molar-refractivity contribution in [2.24, 2.45) is 0 Å². The van der Waals surface area contributed by atoms with Gasteiger partial charge in [0.1, 0.15) is 17.7 Å². The van der Waals surface area contributed by atoms with Gasteiger partial charge in [0.05, 0.1) is 46.2 Å². The Balaban J connectivity index is 2.22. The van der Waals surface area contributed by atoms with Crippen molar-refractivity contribution in [3.8, 4) is 12.1 Å². The van der Waals surface area contributed by atoms with Crippen LogP contribution in [0.2, 0.25) is 0 Å². The van der Waals surface area contributed by atoms with Gasteiger partial charge in [-0.2, -0.15) is 10.5 Å². The molecule has 0 atom stereocenters. The lowest BCUT2D eigenvalue weighted by Crippen LogP contribution is -2.27. The maximum atomic E-state index is 8.98. The van der Waals surface area contributed by atoms with Crippen LogP contribution in [0.3, 0.4) is 0 Å². The predicted molar refractivity (Wildman–Crippen MR) is 99.9 cm³/mol. The molecule has 1 rings (SSSR count). The van der Waals surface area contributed by atoms with E-state index in [4.69, 9.17) is 24.7 Å². The van der Waals surface area contributed by atoms with Gasteiger partial charge in [0, 0.05) is 23.5 Å². The van der Waals surface area contributed by atoms with E-state index in [-0.39, 0.29) is 5.57 Å². The van der Waals surface area contributed by atoms with E-state index in [1.807, 2.05) is 38.1 Å². The topological polar surface area (TPSA) is 87.7 Å². The summed E-state index contributed by atoms with van der Waals surface area (Å²) in [5.74, 6) is 0. The molecule has 8 heteroatoms. The van der Waals surface area contributed by atoms with Gasteiger partial charge in [-0.3, -0.25) is 0 Å². The summed E-state index contributed by atoms with van der Waals surface area (Å²) in [6.07, 6.45) is 3.69. The number of ether oxygens (including phenoxy) is 3. The minimum atomic E-state index is 0.124. The molecule has 26 heavy (non-hydrogen) atoms. The van der Waals surface area contributed by atoms with Crippen LogP contribution < -0.4 is 0 Å². The van der Waals surface area contributed by atoms with E-state index in [9.17, 15) is 0 Å². The zero-order valence-corrected chi connectivity index (χ0v) is 16.1. The van der Waals surface area contributed by atoms with Crippen molar-refractivity contribution in [2.45, 2.75) is 13.8 Å². The first-order chi connectivity index (χ1) is 12.6. The normalized spacial score (nSPS) is 13.7. The molecule has 0 N–H and O–H groups in total. The predicted octanol–water partition coefficient (Wildman–Crippen LogP) is 2.36. The van der Waals surface area contributed by atoms with Crippen LogP contribution in [0.25, 0.3) is 0 Å². The Hall–Kier alpha value is -1.81. The molecule has 7 nitrogen and oxygen atoms in total. The average Bonchev–Trinajstić information content (AvgIpc) is 2.62. The fraction of sp³-hybridized carbons (Fsp3) is 0.556. The molecule has 0 radical (unpaired) electrons. The Morgan fingerprint density at radius 2 is 1.35 bits per heavy atom. The van der Waals surface area contributed by atoms with Crippen LogP contribution in [0, 0.1) is 22.7 Å². The van der Waals surface area contributed by atoms with E-state index in [0.29, 0.717) is 58.4 Å². The summed E-state index contributed by atoms with van der Waals surface area (Å²) >= 11 is 3.62. The first-order valence-corrected chi connectivity index (χ1v) is 8.68. The highest BCUT2D eigenvalue weighted by molar-refractivity contribution is 7.75. The summed E-state index contributed by atoms with van der Waals surface area (Å²) in [7, 11) is 0. The number of allylic oxidation sites excluding steroid dienone is 6. The second-order valence-electron chi connectivity index (χ2n) is 5.45. The summed E-state index contributed by atoms with van der Waals surface area (Å²) in [6, 6.07) is 3.84. The lowest BCUT2D eigenvalue weighted by atomic mass is 10.0. The van der Waals surface area contributed by atoms with E-state index in [0.717, 1.165) is 11.4 Å². The fourth-order valence-corrected chi connectivity index (χ4v) is 2.45. The van der Waals surface area contributed by atoms with E-state index < -0.39 is 0 Å². The Morgan fingerprint density at radius 1 is 0.885 bits per heavy atom. The van der Waals surface area contributed by atoms with Crippen LogP contribution in [0.15, 0.2) is 34.7 Å². The van der Waals surface area contributed by atoms with Crippen LogP contribution >= 0.6 is 12.9 Å². The molecule has 142 valence electrons. The van der Waals surface area contributed by atoms with Gasteiger partial charge in [0.25, 0.3) is 0 Å². The number of hydrogen-bond acceptors (Lipinski definition) is 8. The van der Waals surface area contributed by atoms with Gasteiger partial charge in [-0.15, -0.1) is 0 Å². The molecular formula is C18H25N3O4S. The zero-order valence-electron chi connectivity index (χ0n) is 15.2. The minimum Gasteiger partial charge on any atom is -0.377 e. The first kappa shape index (κ1) is 22.2. The number of nitrogens with zero attached hydrogens (tertiary/aromatic N) is 3. The SMILES string of the molecule is CC1=CC(=C(C#N)C#N)C=C(C)N1CCOCCOCCOCCOS. The standard InChI is InChI=1S/C18H25N3O4S/c1-15-11-17(18(13-19)14-20)12-16(2)21(15)3-4-22-5-6-23-7-8-24-9-10-25-26/h11-12,26H,3-10H2,1-2H3.